The van der Waals surface area contributed by atoms with Crippen LogP contribution in [0.3, 0.4) is 0 Å². The maximum Gasteiger partial charge on any atom is 0.0862 e. The summed E-state index contributed by atoms with van der Waals surface area (Å²) in [5.74, 6) is 0. The molecule has 4 rings (SSSR count). The maximum absolute atomic E-state index is 13.7. The molecule has 0 aliphatic heterocycles. The number of hydrogen-bond acceptors (Lipinski definition) is 1. The zero-order valence-electron chi connectivity index (χ0n) is 14.8. The smallest absolute Gasteiger partial charge is 0.0862 e. The minimum absolute atomic E-state index is 0.835. The van der Waals surface area contributed by atoms with Crippen molar-refractivity contribution in [3.8, 4) is 22.3 Å². The summed E-state index contributed by atoms with van der Waals surface area (Å²) in [6.45, 7) is 0. The lowest BCUT2D eigenvalue weighted by molar-refractivity contribution is 0.683. The van der Waals surface area contributed by atoms with Crippen molar-refractivity contribution in [2.75, 3.05) is 0 Å². The van der Waals surface area contributed by atoms with Gasteiger partial charge in [-0.25, -0.2) is 4.21 Å². The summed E-state index contributed by atoms with van der Waals surface area (Å²) >= 11 is 4.60. The second-order valence-corrected chi connectivity index (χ2v) is 10.2. The lowest BCUT2D eigenvalue weighted by atomic mass is 10.1. The first-order chi connectivity index (χ1) is 13.6. The Labute approximate surface area is 195 Å². The highest BCUT2D eigenvalue weighted by Crippen LogP contribution is 2.34. The van der Waals surface area contributed by atoms with Gasteiger partial charge < -0.3 is 0 Å². The molecule has 28 heavy (non-hydrogen) atoms. The molecule has 0 aliphatic rings. The van der Waals surface area contributed by atoms with Crippen LogP contribution in [0.5, 0.6) is 0 Å². The van der Waals surface area contributed by atoms with Crippen LogP contribution in [-0.2, 0) is 10.8 Å². The predicted molar refractivity (Wildman–Crippen MR) is 134 cm³/mol. The van der Waals surface area contributed by atoms with Crippen molar-refractivity contribution in [1.29, 1.82) is 0 Å². The molecule has 0 atom stereocenters. The van der Waals surface area contributed by atoms with E-state index in [0.717, 1.165) is 32.0 Å². The first kappa shape index (κ1) is 19.8. The number of hydrogen-bond donors (Lipinski definition) is 0. The van der Waals surface area contributed by atoms with E-state index in [2.05, 4.69) is 93.7 Å². The molecule has 0 unspecified atom stereocenters. The molecular formula is C24H16I2OS. The van der Waals surface area contributed by atoms with Gasteiger partial charge in [0.15, 0.2) is 0 Å². The van der Waals surface area contributed by atoms with Gasteiger partial charge in [-0.3, -0.25) is 0 Å². The van der Waals surface area contributed by atoms with Crippen molar-refractivity contribution >= 4 is 56.0 Å². The molecule has 4 heteroatoms. The third-order valence-corrected chi connectivity index (χ3v) is 7.43. The summed E-state index contributed by atoms with van der Waals surface area (Å²) in [6.07, 6.45) is 0. The highest BCUT2D eigenvalue weighted by Gasteiger charge is 2.17. The fourth-order valence-electron chi connectivity index (χ4n) is 3.11. The van der Waals surface area contributed by atoms with Crippen molar-refractivity contribution in [2.45, 2.75) is 9.79 Å². The standard InChI is InChI=1S/C24H16I2OS/c25-19-13-9-17(10-14-19)21-5-1-3-7-23(21)28(27)24-8-4-2-6-22(24)18-11-15-20(26)16-12-18/h1-16H. The Balaban J connectivity index is 1.82. The first-order valence-corrected chi connectivity index (χ1v) is 12.1. The Bertz CT molecular complexity index is 1040. The summed E-state index contributed by atoms with van der Waals surface area (Å²) in [5.41, 5.74) is 4.18. The van der Waals surface area contributed by atoms with E-state index in [1.807, 2.05) is 48.5 Å². The minimum atomic E-state index is -1.29. The zero-order chi connectivity index (χ0) is 19.5. The largest absolute Gasteiger partial charge is 0.249 e. The van der Waals surface area contributed by atoms with Gasteiger partial charge in [0, 0.05) is 7.14 Å². The van der Waals surface area contributed by atoms with Gasteiger partial charge in [-0.15, -0.1) is 0 Å². The molecule has 4 aromatic carbocycles. The number of halogens is 2. The molecule has 0 radical (unpaired) electrons. The zero-order valence-corrected chi connectivity index (χ0v) is 19.9. The topological polar surface area (TPSA) is 17.1 Å². The summed E-state index contributed by atoms with van der Waals surface area (Å²) in [7, 11) is -1.29. The molecule has 0 heterocycles. The van der Waals surface area contributed by atoms with Crippen molar-refractivity contribution in [2.24, 2.45) is 0 Å². The molecule has 0 aliphatic carbocycles. The van der Waals surface area contributed by atoms with Gasteiger partial charge in [0.05, 0.1) is 20.6 Å². The average Bonchev–Trinajstić information content (AvgIpc) is 2.74. The molecule has 0 saturated carbocycles. The first-order valence-electron chi connectivity index (χ1n) is 8.75. The van der Waals surface area contributed by atoms with Gasteiger partial charge in [0.2, 0.25) is 0 Å². The van der Waals surface area contributed by atoms with Crippen molar-refractivity contribution in [3.05, 3.63) is 104 Å². The summed E-state index contributed by atoms with van der Waals surface area (Å²) < 4.78 is 16.0. The van der Waals surface area contributed by atoms with Crippen LogP contribution in [0.25, 0.3) is 22.3 Å². The predicted octanol–water partition coefficient (Wildman–Crippen LogP) is 7.40. The molecule has 0 amide bonds. The van der Waals surface area contributed by atoms with Crippen LogP contribution in [0, 0.1) is 7.14 Å². The lowest BCUT2D eigenvalue weighted by Crippen LogP contribution is -1.98. The van der Waals surface area contributed by atoms with Crippen LogP contribution in [0.2, 0.25) is 0 Å². The number of rotatable bonds is 4. The normalized spacial score (nSPS) is 11.0. The van der Waals surface area contributed by atoms with E-state index in [-0.39, 0.29) is 0 Å². The van der Waals surface area contributed by atoms with E-state index < -0.39 is 10.8 Å². The third kappa shape index (κ3) is 4.23. The van der Waals surface area contributed by atoms with Crippen molar-refractivity contribution < 1.29 is 4.21 Å². The van der Waals surface area contributed by atoms with Gasteiger partial charge in [-0.2, -0.15) is 0 Å². The molecular weight excluding hydrogens is 590 g/mol. The molecule has 0 bridgehead atoms. The van der Waals surface area contributed by atoms with E-state index in [1.165, 1.54) is 7.14 Å². The molecule has 0 spiro atoms. The van der Waals surface area contributed by atoms with E-state index in [4.69, 9.17) is 0 Å². The highest BCUT2D eigenvalue weighted by atomic mass is 127. The Hall–Kier alpha value is -1.51. The number of benzene rings is 4. The third-order valence-electron chi connectivity index (χ3n) is 4.48. The molecule has 4 aromatic rings. The quantitative estimate of drug-likeness (QED) is 0.222. The average molecular weight is 606 g/mol. The SMILES string of the molecule is O=S(c1ccccc1-c1ccc(I)cc1)c1ccccc1-c1ccc(I)cc1. The summed E-state index contributed by atoms with van der Waals surface area (Å²) in [6, 6.07) is 32.6. The van der Waals surface area contributed by atoms with Crippen LogP contribution in [0.15, 0.2) is 107 Å². The Morgan fingerprint density at radius 1 is 0.500 bits per heavy atom. The van der Waals surface area contributed by atoms with Crippen LogP contribution in [0.4, 0.5) is 0 Å². The van der Waals surface area contributed by atoms with E-state index in [1.54, 1.807) is 0 Å². The van der Waals surface area contributed by atoms with E-state index in [9.17, 15) is 4.21 Å². The molecule has 0 aromatic heterocycles. The summed E-state index contributed by atoms with van der Waals surface area (Å²) in [5, 5.41) is 0. The minimum Gasteiger partial charge on any atom is -0.249 e. The Kier molecular flexibility index (Phi) is 6.28. The fourth-order valence-corrected chi connectivity index (χ4v) is 5.24. The van der Waals surface area contributed by atoms with Gasteiger partial charge in [0.1, 0.15) is 0 Å². The van der Waals surface area contributed by atoms with Crippen molar-refractivity contribution in [1.82, 2.24) is 0 Å². The van der Waals surface area contributed by atoms with Gasteiger partial charge in [-0.1, -0.05) is 60.7 Å². The molecule has 1 nitrogen and oxygen atoms in total. The Morgan fingerprint density at radius 2 is 0.857 bits per heavy atom. The van der Waals surface area contributed by atoms with Crippen molar-refractivity contribution in [3.63, 3.8) is 0 Å². The van der Waals surface area contributed by atoms with E-state index >= 15 is 0 Å². The van der Waals surface area contributed by atoms with Gasteiger partial charge in [0.25, 0.3) is 0 Å². The summed E-state index contributed by atoms with van der Waals surface area (Å²) in [4.78, 5) is 1.67. The lowest BCUT2D eigenvalue weighted by Gasteiger charge is -2.13. The molecule has 0 N–H and O–H groups in total. The van der Waals surface area contributed by atoms with Crippen LogP contribution in [-0.4, -0.2) is 4.21 Å². The Morgan fingerprint density at radius 3 is 1.25 bits per heavy atom. The van der Waals surface area contributed by atoms with Crippen LogP contribution in [0.1, 0.15) is 0 Å². The van der Waals surface area contributed by atoms with Gasteiger partial charge in [-0.05, 0) is 104 Å². The maximum atomic E-state index is 13.7. The van der Waals surface area contributed by atoms with Gasteiger partial charge >= 0.3 is 0 Å². The van der Waals surface area contributed by atoms with E-state index in [0.29, 0.717) is 0 Å². The van der Waals surface area contributed by atoms with Crippen LogP contribution >= 0.6 is 45.2 Å². The second kappa shape index (κ2) is 8.88. The fraction of sp³-hybridized carbons (Fsp3) is 0. The molecule has 0 saturated heterocycles. The second-order valence-electron chi connectivity index (χ2n) is 6.27. The molecule has 138 valence electrons. The monoisotopic (exact) mass is 606 g/mol. The molecule has 0 fully saturated rings. The highest BCUT2D eigenvalue weighted by molar-refractivity contribution is 14.1. The van der Waals surface area contributed by atoms with Crippen LogP contribution < -0.4 is 0 Å².